The second-order valence-corrected chi connectivity index (χ2v) is 6.89. The van der Waals surface area contributed by atoms with Crippen molar-refractivity contribution >= 4 is 11.8 Å². The maximum absolute atomic E-state index is 12.4. The quantitative estimate of drug-likeness (QED) is 0.668. The van der Waals surface area contributed by atoms with Gasteiger partial charge in [-0.2, -0.15) is 0 Å². The molecule has 1 N–H and O–H groups in total. The second kappa shape index (κ2) is 9.14. The summed E-state index contributed by atoms with van der Waals surface area (Å²) in [4.78, 5) is 25.7. The fourth-order valence-corrected chi connectivity index (χ4v) is 2.84. The summed E-state index contributed by atoms with van der Waals surface area (Å²) in [5.41, 5.74) is 3.56. The lowest BCUT2D eigenvalue weighted by molar-refractivity contribution is -0.130. The largest absolute Gasteiger partial charge is 0.421 e. The highest BCUT2D eigenvalue weighted by Crippen LogP contribution is 2.19. The fraction of sp³-hybridized carbons (Fsp3) is 0.273. The summed E-state index contributed by atoms with van der Waals surface area (Å²) < 4.78 is 5.67. The van der Waals surface area contributed by atoms with Gasteiger partial charge >= 0.3 is 0 Å². The van der Waals surface area contributed by atoms with Crippen LogP contribution in [-0.2, 0) is 17.8 Å². The van der Waals surface area contributed by atoms with Crippen LogP contribution in [-0.4, -0.2) is 41.0 Å². The predicted molar refractivity (Wildman–Crippen MR) is 109 cm³/mol. The molecule has 0 aliphatic heterocycles. The molecule has 0 saturated heterocycles. The molecule has 0 aliphatic rings. The lowest BCUT2D eigenvalue weighted by atomic mass is 10.1. The summed E-state index contributed by atoms with van der Waals surface area (Å²) in [6.45, 7) is 2.48. The van der Waals surface area contributed by atoms with Gasteiger partial charge < -0.3 is 14.6 Å². The van der Waals surface area contributed by atoms with Gasteiger partial charge in [-0.3, -0.25) is 9.59 Å². The molecule has 2 aromatic carbocycles. The normalized spacial score (nSPS) is 10.6. The van der Waals surface area contributed by atoms with Crippen LogP contribution in [0.25, 0.3) is 11.5 Å². The van der Waals surface area contributed by atoms with Crippen molar-refractivity contribution < 1.29 is 14.0 Å². The highest BCUT2D eigenvalue weighted by Gasteiger charge is 2.14. The number of benzene rings is 2. The molecule has 2 amide bonds. The van der Waals surface area contributed by atoms with Crippen molar-refractivity contribution in [2.24, 2.45) is 0 Å². The maximum atomic E-state index is 12.4. The zero-order valence-corrected chi connectivity index (χ0v) is 16.8. The minimum atomic E-state index is -0.134. The summed E-state index contributed by atoms with van der Waals surface area (Å²) in [5, 5.41) is 10.7. The number of aryl methyl sites for hydroxylation is 2. The second-order valence-electron chi connectivity index (χ2n) is 6.89. The van der Waals surface area contributed by atoms with E-state index in [0.717, 1.165) is 16.7 Å². The zero-order valence-electron chi connectivity index (χ0n) is 16.8. The molecule has 3 rings (SSSR count). The summed E-state index contributed by atoms with van der Waals surface area (Å²) >= 11 is 0. The molecule has 1 heterocycles. The van der Waals surface area contributed by atoms with Gasteiger partial charge in [-0.1, -0.05) is 29.8 Å². The van der Waals surface area contributed by atoms with Gasteiger partial charge in [0.1, 0.15) is 0 Å². The molecular weight excluding hydrogens is 368 g/mol. The van der Waals surface area contributed by atoms with E-state index in [0.29, 0.717) is 30.3 Å². The van der Waals surface area contributed by atoms with Crippen molar-refractivity contribution in [3.63, 3.8) is 0 Å². The number of carbonyl (C=O) groups excluding carboxylic acids is 2. The van der Waals surface area contributed by atoms with Crippen LogP contribution >= 0.6 is 0 Å². The molecule has 0 spiro atoms. The van der Waals surface area contributed by atoms with E-state index in [4.69, 9.17) is 4.42 Å². The fourth-order valence-electron chi connectivity index (χ4n) is 2.84. The first-order valence-electron chi connectivity index (χ1n) is 9.40. The van der Waals surface area contributed by atoms with Gasteiger partial charge in [0.25, 0.3) is 5.91 Å². The van der Waals surface area contributed by atoms with E-state index >= 15 is 0 Å². The molecule has 0 bridgehead atoms. The number of aromatic nitrogens is 2. The number of nitrogens with zero attached hydrogens (tertiary/aromatic N) is 3. The molecule has 0 unspecified atom stereocenters. The van der Waals surface area contributed by atoms with Crippen LogP contribution in [0.4, 0.5) is 0 Å². The molecule has 0 fully saturated rings. The molecular formula is C22H24N4O3. The molecule has 0 atom stereocenters. The number of amides is 2. The molecule has 7 nitrogen and oxygen atoms in total. The molecule has 150 valence electrons. The first-order chi connectivity index (χ1) is 14.0. The topological polar surface area (TPSA) is 88.3 Å². The zero-order chi connectivity index (χ0) is 20.8. The summed E-state index contributed by atoms with van der Waals surface area (Å²) in [6, 6.07) is 15.0. The Labute approximate surface area is 169 Å². The highest BCUT2D eigenvalue weighted by molar-refractivity contribution is 5.93. The van der Waals surface area contributed by atoms with Crippen molar-refractivity contribution in [2.75, 3.05) is 14.1 Å². The Morgan fingerprint density at radius 3 is 2.38 bits per heavy atom. The Balaban J connectivity index is 1.52. The Bertz CT molecular complexity index is 978. The van der Waals surface area contributed by atoms with E-state index in [1.54, 1.807) is 31.1 Å². The van der Waals surface area contributed by atoms with E-state index in [9.17, 15) is 9.59 Å². The Hall–Kier alpha value is -3.48. The van der Waals surface area contributed by atoms with Crippen LogP contribution in [0.3, 0.4) is 0 Å². The molecule has 3 aromatic rings. The van der Waals surface area contributed by atoms with Gasteiger partial charge in [0.2, 0.25) is 17.7 Å². The van der Waals surface area contributed by atoms with Crippen LogP contribution in [0.15, 0.2) is 52.9 Å². The SMILES string of the molecule is CNC(=O)c1ccc(CN(C)C(=O)CCc2nnc(-c3ccc(C)cc3)o2)cc1. The molecule has 0 radical (unpaired) electrons. The highest BCUT2D eigenvalue weighted by atomic mass is 16.4. The number of carbonyl (C=O) groups is 2. The summed E-state index contributed by atoms with van der Waals surface area (Å²) in [5.74, 6) is 0.746. The third-order valence-corrected chi connectivity index (χ3v) is 4.61. The number of hydrogen-bond donors (Lipinski definition) is 1. The molecule has 1 aromatic heterocycles. The summed E-state index contributed by atoms with van der Waals surface area (Å²) in [6.07, 6.45) is 0.667. The third kappa shape index (κ3) is 5.28. The lowest BCUT2D eigenvalue weighted by Crippen LogP contribution is -2.26. The van der Waals surface area contributed by atoms with E-state index in [2.05, 4.69) is 15.5 Å². The monoisotopic (exact) mass is 392 g/mol. The van der Waals surface area contributed by atoms with Crippen molar-refractivity contribution in [3.05, 3.63) is 71.1 Å². The van der Waals surface area contributed by atoms with E-state index in [1.165, 1.54) is 0 Å². The van der Waals surface area contributed by atoms with Crippen LogP contribution in [0.2, 0.25) is 0 Å². The molecule has 0 saturated carbocycles. The maximum Gasteiger partial charge on any atom is 0.251 e. The van der Waals surface area contributed by atoms with Gasteiger partial charge in [-0.25, -0.2) is 0 Å². The average Bonchev–Trinajstić information content (AvgIpc) is 3.21. The predicted octanol–water partition coefficient (Wildman–Crippen LogP) is 3.00. The van der Waals surface area contributed by atoms with Gasteiger partial charge in [0.15, 0.2) is 0 Å². The van der Waals surface area contributed by atoms with Crippen LogP contribution in [0, 0.1) is 6.92 Å². The number of rotatable bonds is 7. The first-order valence-corrected chi connectivity index (χ1v) is 9.40. The van der Waals surface area contributed by atoms with Crippen molar-refractivity contribution in [3.8, 4) is 11.5 Å². The minimum absolute atomic E-state index is 0.0181. The number of nitrogens with one attached hydrogen (secondary N) is 1. The van der Waals surface area contributed by atoms with Gasteiger partial charge in [0.05, 0.1) is 0 Å². The van der Waals surface area contributed by atoms with E-state index < -0.39 is 0 Å². The molecule has 7 heteroatoms. The lowest BCUT2D eigenvalue weighted by Gasteiger charge is -2.17. The molecule has 0 aliphatic carbocycles. The van der Waals surface area contributed by atoms with Crippen LogP contribution in [0.1, 0.15) is 33.8 Å². The van der Waals surface area contributed by atoms with Crippen molar-refractivity contribution in [1.82, 2.24) is 20.4 Å². The Morgan fingerprint density at radius 2 is 1.72 bits per heavy atom. The average molecular weight is 392 g/mol. The van der Waals surface area contributed by atoms with Gasteiger partial charge in [-0.15, -0.1) is 10.2 Å². The van der Waals surface area contributed by atoms with Crippen molar-refractivity contribution in [1.29, 1.82) is 0 Å². The van der Waals surface area contributed by atoms with Crippen molar-refractivity contribution in [2.45, 2.75) is 26.3 Å². The minimum Gasteiger partial charge on any atom is -0.421 e. The standard InChI is InChI=1S/C22H24N4O3/c1-15-4-8-18(9-5-15)22-25-24-19(29-22)12-13-20(27)26(3)14-16-6-10-17(11-7-16)21(28)23-2/h4-11H,12-14H2,1-3H3,(H,23,28). The Kier molecular flexibility index (Phi) is 6.39. The van der Waals surface area contributed by atoms with Gasteiger partial charge in [-0.05, 0) is 36.8 Å². The van der Waals surface area contributed by atoms with E-state index in [-0.39, 0.29) is 18.2 Å². The molecule has 29 heavy (non-hydrogen) atoms. The number of hydrogen-bond acceptors (Lipinski definition) is 5. The van der Waals surface area contributed by atoms with E-state index in [1.807, 2.05) is 43.3 Å². The first kappa shape index (κ1) is 20.3. The summed E-state index contributed by atoms with van der Waals surface area (Å²) in [7, 11) is 3.34. The van der Waals surface area contributed by atoms with Gasteiger partial charge in [0, 0.05) is 44.6 Å². The van der Waals surface area contributed by atoms with Crippen LogP contribution in [0.5, 0.6) is 0 Å². The smallest absolute Gasteiger partial charge is 0.251 e. The van der Waals surface area contributed by atoms with Crippen LogP contribution < -0.4 is 5.32 Å². The third-order valence-electron chi connectivity index (χ3n) is 4.61. The Morgan fingerprint density at radius 1 is 1.03 bits per heavy atom.